The Hall–Kier alpha value is -3.16. The van der Waals surface area contributed by atoms with E-state index in [4.69, 9.17) is 21.1 Å². The molecular weight excluding hydrogens is 434 g/mol. The molecule has 0 unspecified atom stereocenters. The molecule has 8 heteroatoms. The van der Waals surface area contributed by atoms with E-state index in [9.17, 15) is 19.5 Å². The Morgan fingerprint density at radius 1 is 1.12 bits per heavy atom. The van der Waals surface area contributed by atoms with E-state index in [2.05, 4.69) is 0 Å². The fourth-order valence-corrected chi connectivity index (χ4v) is 4.23. The molecule has 0 spiro atoms. The molecule has 32 heavy (non-hydrogen) atoms. The SMILES string of the molecule is COC(=O)c1ccc([C@H]2/C(=C(\O)c3ccc(Cl)cc3)C(=O)C(=O)N2C[C@@H]2CCCO2)cc1. The molecule has 2 aliphatic heterocycles. The normalized spacial score (nSPS) is 22.4. The number of amides is 1. The summed E-state index contributed by atoms with van der Waals surface area (Å²) in [5, 5.41) is 11.5. The van der Waals surface area contributed by atoms with Crippen molar-refractivity contribution in [2.45, 2.75) is 25.0 Å². The molecule has 0 bridgehead atoms. The van der Waals surface area contributed by atoms with E-state index in [-0.39, 0.29) is 24.0 Å². The van der Waals surface area contributed by atoms with Gasteiger partial charge in [0.05, 0.1) is 30.4 Å². The number of likely N-dealkylation sites (tertiary alicyclic amines) is 1. The summed E-state index contributed by atoms with van der Waals surface area (Å²) in [7, 11) is 1.29. The van der Waals surface area contributed by atoms with Crippen LogP contribution in [0.2, 0.25) is 5.02 Å². The van der Waals surface area contributed by atoms with Crippen molar-refractivity contribution in [3.05, 3.63) is 75.8 Å². The molecule has 0 saturated carbocycles. The molecule has 2 aliphatic rings. The number of aliphatic hydroxyl groups is 1. The Morgan fingerprint density at radius 3 is 2.38 bits per heavy atom. The summed E-state index contributed by atoms with van der Waals surface area (Å²) in [4.78, 5) is 39.3. The number of esters is 1. The Morgan fingerprint density at radius 2 is 1.78 bits per heavy atom. The van der Waals surface area contributed by atoms with Crippen molar-refractivity contribution in [3.63, 3.8) is 0 Å². The molecule has 166 valence electrons. The number of methoxy groups -OCH3 is 1. The summed E-state index contributed by atoms with van der Waals surface area (Å²) in [6.07, 6.45) is 1.49. The molecule has 1 amide bonds. The Labute approximate surface area is 190 Å². The lowest BCUT2D eigenvalue weighted by Gasteiger charge is -2.27. The van der Waals surface area contributed by atoms with Crippen molar-refractivity contribution >= 4 is 35.0 Å². The summed E-state index contributed by atoms with van der Waals surface area (Å²) >= 11 is 5.94. The standard InChI is InChI=1S/C24H22ClNO6/c1-31-24(30)16-6-4-14(5-7-16)20-19(21(27)15-8-10-17(25)11-9-15)22(28)23(29)26(20)13-18-3-2-12-32-18/h4-11,18,20,27H,2-3,12-13H2,1H3/b21-19+/t18-,20-/m0/s1. The van der Waals surface area contributed by atoms with Gasteiger partial charge in [-0.3, -0.25) is 9.59 Å². The van der Waals surface area contributed by atoms with Crippen LogP contribution in [-0.4, -0.2) is 54.0 Å². The number of carbonyl (C=O) groups excluding carboxylic acids is 3. The number of hydrogen-bond donors (Lipinski definition) is 1. The lowest BCUT2D eigenvalue weighted by molar-refractivity contribution is -0.140. The Bertz CT molecular complexity index is 1070. The second-order valence-corrected chi connectivity index (χ2v) is 8.14. The number of ketones is 1. The molecule has 2 atom stereocenters. The summed E-state index contributed by atoms with van der Waals surface area (Å²) in [5.74, 6) is -2.24. The molecule has 0 radical (unpaired) electrons. The Kier molecular flexibility index (Phi) is 6.30. The van der Waals surface area contributed by atoms with Gasteiger partial charge >= 0.3 is 5.97 Å². The zero-order valence-corrected chi connectivity index (χ0v) is 18.2. The predicted molar refractivity (Wildman–Crippen MR) is 117 cm³/mol. The van der Waals surface area contributed by atoms with Crippen LogP contribution in [0.1, 0.15) is 40.4 Å². The summed E-state index contributed by atoms with van der Waals surface area (Å²) < 4.78 is 10.4. The number of benzene rings is 2. The zero-order valence-electron chi connectivity index (χ0n) is 17.4. The molecule has 2 aromatic carbocycles. The number of carbonyl (C=O) groups is 3. The van der Waals surface area contributed by atoms with Crippen LogP contribution in [-0.2, 0) is 19.1 Å². The first-order valence-electron chi connectivity index (χ1n) is 10.2. The van der Waals surface area contributed by atoms with Gasteiger partial charge in [0.15, 0.2) is 0 Å². The minimum absolute atomic E-state index is 0.0128. The van der Waals surface area contributed by atoms with Gasteiger partial charge in [0, 0.05) is 23.7 Å². The van der Waals surface area contributed by atoms with Gasteiger partial charge in [-0.1, -0.05) is 23.7 Å². The van der Waals surface area contributed by atoms with Crippen LogP contribution in [0.5, 0.6) is 0 Å². The molecule has 0 aliphatic carbocycles. The first kappa shape index (κ1) is 22.0. The first-order chi connectivity index (χ1) is 15.4. The molecular formula is C24H22ClNO6. The fraction of sp³-hybridized carbons (Fsp3) is 0.292. The Balaban J connectivity index is 1.80. The van der Waals surface area contributed by atoms with E-state index in [0.717, 1.165) is 12.8 Å². The van der Waals surface area contributed by atoms with E-state index in [1.807, 2.05) is 0 Å². The molecule has 2 aromatic rings. The second kappa shape index (κ2) is 9.14. The van der Waals surface area contributed by atoms with Crippen LogP contribution in [0, 0.1) is 0 Å². The second-order valence-electron chi connectivity index (χ2n) is 7.71. The number of Topliss-reactive ketones (excluding diaryl/α,β-unsaturated/α-hetero) is 1. The number of hydrogen-bond acceptors (Lipinski definition) is 6. The van der Waals surface area contributed by atoms with Crippen molar-refractivity contribution in [1.82, 2.24) is 4.90 Å². The van der Waals surface area contributed by atoms with Gasteiger partial charge in [-0.15, -0.1) is 0 Å². The average Bonchev–Trinajstić information content (AvgIpc) is 3.41. The predicted octanol–water partition coefficient (Wildman–Crippen LogP) is 3.73. The summed E-state index contributed by atoms with van der Waals surface area (Å²) in [6, 6.07) is 12.0. The van der Waals surface area contributed by atoms with E-state index in [1.165, 1.54) is 12.0 Å². The third-order valence-corrected chi connectivity index (χ3v) is 5.98. The third-order valence-electron chi connectivity index (χ3n) is 5.73. The van der Waals surface area contributed by atoms with Gasteiger partial charge in [0.1, 0.15) is 5.76 Å². The highest BCUT2D eigenvalue weighted by Gasteiger charge is 2.47. The van der Waals surface area contributed by atoms with Crippen LogP contribution in [0.15, 0.2) is 54.1 Å². The van der Waals surface area contributed by atoms with Crippen molar-refractivity contribution in [1.29, 1.82) is 0 Å². The monoisotopic (exact) mass is 455 g/mol. The van der Waals surface area contributed by atoms with Crippen LogP contribution in [0.4, 0.5) is 0 Å². The molecule has 7 nitrogen and oxygen atoms in total. The summed E-state index contributed by atoms with van der Waals surface area (Å²) in [5.41, 5.74) is 1.29. The van der Waals surface area contributed by atoms with Gasteiger partial charge in [0.25, 0.3) is 11.7 Å². The lowest BCUT2D eigenvalue weighted by atomic mass is 9.94. The van der Waals surface area contributed by atoms with Crippen LogP contribution in [0.25, 0.3) is 5.76 Å². The van der Waals surface area contributed by atoms with Gasteiger partial charge in [0.2, 0.25) is 0 Å². The number of nitrogens with zero attached hydrogens (tertiary/aromatic N) is 1. The van der Waals surface area contributed by atoms with Crippen molar-refractivity contribution < 1.29 is 29.0 Å². The number of aliphatic hydroxyl groups excluding tert-OH is 1. The maximum atomic E-state index is 13.0. The molecule has 2 fully saturated rings. The highest BCUT2D eigenvalue weighted by atomic mass is 35.5. The smallest absolute Gasteiger partial charge is 0.337 e. The first-order valence-corrected chi connectivity index (χ1v) is 10.6. The number of halogens is 1. The molecule has 4 rings (SSSR count). The van der Waals surface area contributed by atoms with E-state index in [0.29, 0.717) is 28.3 Å². The molecule has 2 heterocycles. The number of rotatable bonds is 5. The van der Waals surface area contributed by atoms with Crippen molar-refractivity contribution in [2.75, 3.05) is 20.3 Å². The van der Waals surface area contributed by atoms with Crippen LogP contribution >= 0.6 is 11.6 Å². The zero-order chi connectivity index (χ0) is 22.8. The highest BCUT2D eigenvalue weighted by molar-refractivity contribution is 6.46. The average molecular weight is 456 g/mol. The largest absolute Gasteiger partial charge is 0.507 e. The fourth-order valence-electron chi connectivity index (χ4n) is 4.11. The van der Waals surface area contributed by atoms with Gasteiger partial charge in [-0.05, 0) is 54.8 Å². The minimum atomic E-state index is -0.818. The van der Waals surface area contributed by atoms with E-state index in [1.54, 1.807) is 48.5 Å². The minimum Gasteiger partial charge on any atom is -0.507 e. The lowest BCUT2D eigenvalue weighted by Crippen LogP contribution is -2.36. The van der Waals surface area contributed by atoms with Gasteiger partial charge in [-0.25, -0.2) is 4.79 Å². The molecule has 1 N–H and O–H groups in total. The maximum Gasteiger partial charge on any atom is 0.337 e. The van der Waals surface area contributed by atoms with Gasteiger partial charge < -0.3 is 19.5 Å². The summed E-state index contributed by atoms with van der Waals surface area (Å²) in [6.45, 7) is 0.837. The quantitative estimate of drug-likeness (QED) is 0.319. The molecule has 0 aromatic heterocycles. The van der Waals surface area contributed by atoms with Crippen LogP contribution < -0.4 is 0 Å². The van der Waals surface area contributed by atoms with Crippen LogP contribution in [0.3, 0.4) is 0 Å². The van der Waals surface area contributed by atoms with Crippen molar-refractivity contribution in [2.24, 2.45) is 0 Å². The molecule has 2 saturated heterocycles. The number of ether oxygens (including phenoxy) is 2. The van der Waals surface area contributed by atoms with E-state index >= 15 is 0 Å². The highest BCUT2D eigenvalue weighted by Crippen LogP contribution is 2.40. The topological polar surface area (TPSA) is 93.1 Å². The van der Waals surface area contributed by atoms with Crippen molar-refractivity contribution in [3.8, 4) is 0 Å². The maximum absolute atomic E-state index is 13.0. The van der Waals surface area contributed by atoms with Gasteiger partial charge in [-0.2, -0.15) is 0 Å². The third kappa shape index (κ3) is 4.13. The van der Waals surface area contributed by atoms with E-state index < -0.39 is 23.7 Å².